The Morgan fingerprint density at radius 3 is 2.40 bits per heavy atom. The second kappa shape index (κ2) is 4.92. The minimum Gasteiger partial charge on any atom is -0.381 e. The van der Waals surface area contributed by atoms with Crippen molar-refractivity contribution < 1.29 is 13.2 Å². The number of nitrogens with zero attached hydrogens (tertiary/aromatic N) is 2. The van der Waals surface area contributed by atoms with Crippen LogP contribution in [0.15, 0.2) is 0 Å². The van der Waals surface area contributed by atoms with E-state index in [0.717, 1.165) is 0 Å². The molecule has 0 bridgehead atoms. The highest BCUT2D eigenvalue weighted by atomic mass is 32.2. The van der Waals surface area contributed by atoms with Crippen LogP contribution in [0.5, 0.6) is 0 Å². The van der Waals surface area contributed by atoms with Crippen LogP contribution in [0, 0.1) is 11.3 Å². The standard InChI is InChI=1S/C9H16N2O3S/c1-8(7-10)15(12,13)11-5-3-9(14-2)4-6-11/h8-9H,3-6H2,1-2H3. The molecule has 0 aromatic rings. The molecule has 1 rings (SSSR count). The fraction of sp³-hybridized carbons (Fsp3) is 0.889. The second-order valence-corrected chi connectivity index (χ2v) is 5.90. The molecule has 0 aromatic heterocycles. The number of hydrogen-bond acceptors (Lipinski definition) is 4. The minimum absolute atomic E-state index is 0.147. The summed E-state index contributed by atoms with van der Waals surface area (Å²) in [5, 5.41) is 7.66. The van der Waals surface area contributed by atoms with Crippen LogP contribution in [0.1, 0.15) is 19.8 Å². The van der Waals surface area contributed by atoms with Crippen molar-refractivity contribution in [1.82, 2.24) is 4.31 Å². The van der Waals surface area contributed by atoms with Gasteiger partial charge in [-0.2, -0.15) is 5.26 Å². The van der Waals surface area contributed by atoms with Gasteiger partial charge >= 0.3 is 0 Å². The van der Waals surface area contributed by atoms with E-state index in [-0.39, 0.29) is 6.10 Å². The van der Waals surface area contributed by atoms with Gasteiger partial charge in [-0.1, -0.05) is 0 Å². The zero-order chi connectivity index (χ0) is 11.5. The van der Waals surface area contributed by atoms with E-state index in [9.17, 15) is 8.42 Å². The monoisotopic (exact) mass is 232 g/mol. The maximum absolute atomic E-state index is 11.8. The van der Waals surface area contributed by atoms with Crippen LogP contribution in [0.25, 0.3) is 0 Å². The molecule has 1 aliphatic heterocycles. The first-order valence-corrected chi connectivity index (χ1v) is 6.44. The Kier molecular flexibility index (Phi) is 4.08. The quantitative estimate of drug-likeness (QED) is 0.703. The Hall–Kier alpha value is -0.640. The van der Waals surface area contributed by atoms with Crippen molar-refractivity contribution in [3.63, 3.8) is 0 Å². The summed E-state index contributed by atoms with van der Waals surface area (Å²) in [4.78, 5) is 0. The Morgan fingerprint density at radius 1 is 1.47 bits per heavy atom. The van der Waals surface area contributed by atoms with E-state index in [1.807, 2.05) is 0 Å². The summed E-state index contributed by atoms with van der Waals surface area (Å²) in [6.07, 6.45) is 1.55. The zero-order valence-electron chi connectivity index (χ0n) is 9.01. The second-order valence-electron chi connectivity index (χ2n) is 3.65. The van der Waals surface area contributed by atoms with Crippen LogP contribution >= 0.6 is 0 Å². The number of piperidine rings is 1. The Morgan fingerprint density at radius 2 is 2.00 bits per heavy atom. The van der Waals surface area contributed by atoms with E-state index in [4.69, 9.17) is 10.00 Å². The van der Waals surface area contributed by atoms with Crippen molar-refractivity contribution in [3.05, 3.63) is 0 Å². The first kappa shape index (κ1) is 12.4. The fourth-order valence-electron chi connectivity index (χ4n) is 1.61. The van der Waals surface area contributed by atoms with Gasteiger partial charge in [0.2, 0.25) is 10.0 Å². The Labute approximate surface area is 90.7 Å². The Balaban J connectivity index is 2.65. The number of rotatable bonds is 3. The lowest BCUT2D eigenvalue weighted by atomic mass is 10.1. The topological polar surface area (TPSA) is 70.4 Å². The maximum Gasteiger partial charge on any atom is 0.230 e. The third kappa shape index (κ3) is 2.68. The summed E-state index contributed by atoms with van der Waals surface area (Å²) < 4.78 is 30.1. The van der Waals surface area contributed by atoms with E-state index in [1.165, 1.54) is 11.2 Å². The molecule has 1 aliphatic rings. The van der Waals surface area contributed by atoms with Gasteiger partial charge in [0.05, 0.1) is 12.2 Å². The van der Waals surface area contributed by atoms with Crippen molar-refractivity contribution in [1.29, 1.82) is 5.26 Å². The van der Waals surface area contributed by atoms with Gasteiger partial charge in [0.1, 0.15) is 0 Å². The van der Waals surface area contributed by atoms with Crippen LogP contribution in [0.2, 0.25) is 0 Å². The first-order chi connectivity index (χ1) is 7.02. The van der Waals surface area contributed by atoms with Crippen molar-refractivity contribution in [2.24, 2.45) is 0 Å². The number of nitriles is 1. The normalized spacial score (nSPS) is 22.2. The highest BCUT2D eigenvalue weighted by molar-refractivity contribution is 7.89. The molecule has 86 valence electrons. The van der Waals surface area contributed by atoms with Crippen molar-refractivity contribution >= 4 is 10.0 Å². The molecule has 0 aromatic carbocycles. The predicted octanol–water partition coefficient (Wildman–Crippen LogP) is 0.339. The SMILES string of the molecule is COC1CCN(S(=O)(=O)C(C)C#N)CC1. The highest BCUT2D eigenvalue weighted by Crippen LogP contribution is 2.18. The summed E-state index contributed by atoms with van der Waals surface area (Å²) in [5.41, 5.74) is 0. The van der Waals surface area contributed by atoms with Gasteiger partial charge < -0.3 is 4.74 Å². The average molecular weight is 232 g/mol. The van der Waals surface area contributed by atoms with Crippen molar-refractivity contribution in [2.75, 3.05) is 20.2 Å². The molecule has 5 nitrogen and oxygen atoms in total. The van der Waals surface area contributed by atoms with Gasteiger partial charge in [-0.3, -0.25) is 0 Å². The zero-order valence-corrected chi connectivity index (χ0v) is 9.83. The fourth-order valence-corrected chi connectivity index (χ4v) is 2.91. The van der Waals surface area contributed by atoms with Gasteiger partial charge in [-0.15, -0.1) is 0 Å². The molecule has 6 heteroatoms. The molecule has 1 atom stereocenters. The maximum atomic E-state index is 11.8. The smallest absolute Gasteiger partial charge is 0.230 e. The van der Waals surface area contributed by atoms with Gasteiger partial charge in [0.25, 0.3) is 0 Å². The molecule has 0 N–H and O–H groups in total. The molecule has 0 aliphatic carbocycles. The van der Waals surface area contributed by atoms with Crippen LogP contribution in [0.3, 0.4) is 0 Å². The summed E-state index contributed by atoms with van der Waals surface area (Å²) in [6, 6.07) is 1.77. The third-order valence-corrected chi connectivity index (χ3v) is 4.81. The number of hydrogen-bond donors (Lipinski definition) is 0. The predicted molar refractivity (Wildman–Crippen MR) is 55.6 cm³/mol. The van der Waals surface area contributed by atoms with Gasteiger partial charge in [-0.25, -0.2) is 12.7 Å². The van der Waals surface area contributed by atoms with Gasteiger partial charge in [0, 0.05) is 20.2 Å². The third-order valence-electron chi connectivity index (χ3n) is 2.72. The average Bonchev–Trinajstić information content (AvgIpc) is 2.28. The van der Waals surface area contributed by atoms with E-state index in [1.54, 1.807) is 13.2 Å². The Bertz CT molecular complexity index is 339. The van der Waals surface area contributed by atoms with E-state index in [2.05, 4.69) is 0 Å². The van der Waals surface area contributed by atoms with E-state index >= 15 is 0 Å². The van der Waals surface area contributed by atoms with Crippen LogP contribution in [-0.2, 0) is 14.8 Å². The van der Waals surface area contributed by atoms with Gasteiger partial charge in [0.15, 0.2) is 5.25 Å². The highest BCUT2D eigenvalue weighted by Gasteiger charge is 2.32. The van der Waals surface area contributed by atoms with Crippen molar-refractivity contribution in [2.45, 2.75) is 31.1 Å². The molecular weight excluding hydrogens is 216 g/mol. The number of methoxy groups -OCH3 is 1. The molecule has 0 saturated carbocycles. The summed E-state index contributed by atoms with van der Waals surface area (Å²) >= 11 is 0. The minimum atomic E-state index is -3.43. The summed E-state index contributed by atoms with van der Waals surface area (Å²) in [7, 11) is -1.80. The molecule has 1 heterocycles. The van der Waals surface area contributed by atoms with E-state index in [0.29, 0.717) is 25.9 Å². The molecular formula is C9H16N2O3S. The van der Waals surface area contributed by atoms with Crippen LogP contribution in [-0.4, -0.2) is 44.3 Å². The lowest BCUT2D eigenvalue weighted by Gasteiger charge is -2.30. The molecule has 1 saturated heterocycles. The largest absolute Gasteiger partial charge is 0.381 e. The summed E-state index contributed by atoms with van der Waals surface area (Å²) in [5.74, 6) is 0. The molecule has 0 spiro atoms. The van der Waals surface area contributed by atoms with Crippen molar-refractivity contribution in [3.8, 4) is 6.07 Å². The van der Waals surface area contributed by atoms with Crippen LogP contribution in [0.4, 0.5) is 0 Å². The first-order valence-electron chi connectivity index (χ1n) is 4.93. The molecule has 15 heavy (non-hydrogen) atoms. The number of ether oxygens (including phenoxy) is 1. The van der Waals surface area contributed by atoms with Gasteiger partial charge in [-0.05, 0) is 19.8 Å². The number of sulfonamides is 1. The van der Waals surface area contributed by atoms with E-state index < -0.39 is 15.3 Å². The lowest BCUT2D eigenvalue weighted by Crippen LogP contribution is -2.43. The lowest BCUT2D eigenvalue weighted by molar-refractivity contribution is 0.0603. The molecule has 1 unspecified atom stereocenters. The summed E-state index contributed by atoms with van der Waals surface area (Å²) in [6.45, 7) is 2.32. The van der Waals surface area contributed by atoms with Crippen LogP contribution < -0.4 is 0 Å². The molecule has 0 amide bonds. The molecule has 1 fully saturated rings. The molecule has 0 radical (unpaired) electrons.